The van der Waals surface area contributed by atoms with E-state index in [2.05, 4.69) is 15.6 Å². The van der Waals surface area contributed by atoms with Crippen LogP contribution in [-0.2, 0) is 0 Å². The van der Waals surface area contributed by atoms with Crippen molar-refractivity contribution in [3.8, 4) is 0 Å². The van der Waals surface area contributed by atoms with Crippen molar-refractivity contribution in [1.29, 1.82) is 0 Å². The number of aromatic nitrogens is 1. The summed E-state index contributed by atoms with van der Waals surface area (Å²) in [5, 5.41) is 17.1. The minimum absolute atomic E-state index is 0.0111. The summed E-state index contributed by atoms with van der Waals surface area (Å²) in [4.78, 5) is 14.9. The summed E-state index contributed by atoms with van der Waals surface area (Å²) in [7, 11) is 0. The van der Waals surface area contributed by atoms with Gasteiger partial charge in [0.15, 0.2) is 0 Å². The van der Waals surface area contributed by atoms with Gasteiger partial charge in [0.25, 0.3) is 5.69 Å². The molecule has 1 heterocycles. The Balaban J connectivity index is 2.26. The van der Waals surface area contributed by atoms with E-state index in [1.807, 2.05) is 37.3 Å². The van der Waals surface area contributed by atoms with Crippen LogP contribution >= 0.6 is 0 Å². The summed E-state index contributed by atoms with van der Waals surface area (Å²) in [5.41, 5.74) is 0.846. The number of nitro groups is 1. The monoisotopic (exact) mass is 272 g/mol. The zero-order valence-electron chi connectivity index (χ0n) is 11.2. The van der Waals surface area contributed by atoms with E-state index in [0.717, 1.165) is 18.7 Å². The number of benzene rings is 1. The predicted molar refractivity (Wildman–Crippen MR) is 79.4 cm³/mol. The quantitative estimate of drug-likeness (QED) is 0.621. The first-order valence-corrected chi connectivity index (χ1v) is 6.41. The molecule has 0 saturated carbocycles. The summed E-state index contributed by atoms with van der Waals surface area (Å²) in [6, 6.07) is 12.3. The van der Waals surface area contributed by atoms with Gasteiger partial charge < -0.3 is 10.6 Å². The van der Waals surface area contributed by atoms with Crippen molar-refractivity contribution in [3.05, 3.63) is 52.6 Å². The van der Waals surface area contributed by atoms with Gasteiger partial charge in [0, 0.05) is 12.2 Å². The highest BCUT2D eigenvalue weighted by Gasteiger charge is 2.11. The molecule has 0 fully saturated rings. The molecule has 104 valence electrons. The zero-order valence-corrected chi connectivity index (χ0v) is 11.2. The van der Waals surface area contributed by atoms with Gasteiger partial charge in [-0.3, -0.25) is 10.1 Å². The van der Waals surface area contributed by atoms with E-state index in [1.54, 1.807) is 0 Å². The largest absolute Gasteiger partial charge is 0.370 e. The van der Waals surface area contributed by atoms with Gasteiger partial charge in [-0.05, 0) is 18.6 Å². The average Bonchev–Trinajstić information content (AvgIpc) is 2.46. The molecule has 20 heavy (non-hydrogen) atoms. The van der Waals surface area contributed by atoms with E-state index in [4.69, 9.17) is 0 Å². The summed E-state index contributed by atoms with van der Waals surface area (Å²) in [5.74, 6) is 0.948. The van der Waals surface area contributed by atoms with E-state index in [0.29, 0.717) is 11.6 Å². The predicted octanol–water partition coefficient (Wildman–Crippen LogP) is 3.56. The first kappa shape index (κ1) is 13.8. The number of rotatable bonds is 6. The Hall–Kier alpha value is -2.63. The molecule has 0 unspecified atom stereocenters. The van der Waals surface area contributed by atoms with Gasteiger partial charge in [0.05, 0.1) is 17.1 Å². The first-order valence-electron chi connectivity index (χ1n) is 6.41. The number of hydrogen-bond donors (Lipinski definition) is 2. The van der Waals surface area contributed by atoms with Crippen LogP contribution in [-0.4, -0.2) is 16.5 Å². The molecule has 1 aromatic carbocycles. The van der Waals surface area contributed by atoms with Gasteiger partial charge in [0.2, 0.25) is 0 Å². The molecule has 0 atom stereocenters. The summed E-state index contributed by atoms with van der Waals surface area (Å²) in [6.45, 7) is 2.74. The molecular formula is C14H16N4O2. The SMILES string of the molecule is CCCNc1cc([N+](=O)[O-])cc(Nc2ccccc2)n1. The topological polar surface area (TPSA) is 80.1 Å². The molecule has 2 N–H and O–H groups in total. The maximum Gasteiger partial charge on any atom is 0.276 e. The highest BCUT2D eigenvalue weighted by molar-refractivity contribution is 5.62. The van der Waals surface area contributed by atoms with Crippen molar-refractivity contribution < 1.29 is 4.92 Å². The molecule has 1 aromatic heterocycles. The molecule has 0 aliphatic carbocycles. The second-order valence-electron chi connectivity index (χ2n) is 4.27. The molecule has 0 aliphatic rings. The molecule has 0 spiro atoms. The lowest BCUT2D eigenvalue weighted by molar-refractivity contribution is -0.384. The molecule has 2 aromatic rings. The van der Waals surface area contributed by atoms with Crippen molar-refractivity contribution in [2.24, 2.45) is 0 Å². The smallest absolute Gasteiger partial charge is 0.276 e. The minimum Gasteiger partial charge on any atom is -0.370 e. The number of hydrogen-bond acceptors (Lipinski definition) is 5. The van der Waals surface area contributed by atoms with E-state index in [9.17, 15) is 10.1 Å². The Kier molecular flexibility index (Phi) is 4.49. The van der Waals surface area contributed by atoms with Crippen molar-refractivity contribution in [2.75, 3.05) is 17.2 Å². The van der Waals surface area contributed by atoms with Gasteiger partial charge in [-0.15, -0.1) is 0 Å². The molecule has 6 nitrogen and oxygen atoms in total. The Bertz CT molecular complexity index is 587. The van der Waals surface area contributed by atoms with Crippen LogP contribution in [0.5, 0.6) is 0 Å². The molecule has 0 amide bonds. The lowest BCUT2D eigenvalue weighted by atomic mass is 10.3. The van der Waals surface area contributed by atoms with E-state index in [-0.39, 0.29) is 5.69 Å². The van der Waals surface area contributed by atoms with Crippen molar-refractivity contribution in [3.63, 3.8) is 0 Å². The van der Waals surface area contributed by atoms with Gasteiger partial charge in [-0.25, -0.2) is 4.98 Å². The number of nitrogens with zero attached hydrogens (tertiary/aromatic N) is 2. The molecule has 0 bridgehead atoms. The number of nitrogens with one attached hydrogen (secondary N) is 2. The van der Waals surface area contributed by atoms with Crippen LogP contribution in [0.4, 0.5) is 23.0 Å². The number of anilines is 3. The van der Waals surface area contributed by atoms with Crippen LogP contribution in [0.2, 0.25) is 0 Å². The highest BCUT2D eigenvalue weighted by Crippen LogP contribution is 2.23. The Morgan fingerprint density at radius 2 is 1.90 bits per heavy atom. The van der Waals surface area contributed by atoms with Gasteiger partial charge >= 0.3 is 0 Å². The molecular weight excluding hydrogens is 256 g/mol. The van der Waals surface area contributed by atoms with Crippen molar-refractivity contribution in [1.82, 2.24) is 4.98 Å². The highest BCUT2D eigenvalue weighted by atomic mass is 16.6. The zero-order chi connectivity index (χ0) is 14.4. The molecule has 2 rings (SSSR count). The van der Waals surface area contributed by atoms with E-state index in [1.165, 1.54) is 12.1 Å². The average molecular weight is 272 g/mol. The number of pyridine rings is 1. The fourth-order valence-electron chi connectivity index (χ4n) is 1.70. The lowest BCUT2D eigenvalue weighted by Gasteiger charge is -2.09. The second-order valence-corrected chi connectivity index (χ2v) is 4.27. The fraction of sp³-hybridized carbons (Fsp3) is 0.214. The van der Waals surface area contributed by atoms with Gasteiger partial charge in [0.1, 0.15) is 11.6 Å². The third-order valence-corrected chi connectivity index (χ3v) is 2.62. The standard InChI is InChI=1S/C14H16N4O2/c1-2-8-15-13-9-12(18(19)20)10-14(17-13)16-11-6-4-3-5-7-11/h3-7,9-10H,2,8H2,1H3,(H2,15,16,17). The second kappa shape index (κ2) is 6.51. The fourth-order valence-corrected chi connectivity index (χ4v) is 1.70. The first-order chi connectivity index (χ1) is 9.69. The van der Waals surface area contributed by atoms with Gasteiger partial charge in [-0.2, -0.15) is 0 Å². The van der Waals surface area contributed by atoms with Crippen LogP contribution in [0, 0.1) is 10.1 Å². The van der Waals surface area contributed by atoms with E-state index >= 15 is 0 Å². The Labute approximate surface area is 117 Å². The maximum absolute atomic E-state index is 11.0. The lowest BCUT2D eigenvalue weighted by Crippen LogP contribution is -2.04. The van der Waals surface area contributed by atoms with Crippen molar-refractivity contribution in [2.45, 2.75) is 13.3 Å². The molecule has 0 saturated heterocycles. The summed E-state index contributed by atoms with van der Waals surface area (Å²) in [6.07, 6.45) is 0.922. The molecule has 6 heteroatoms. The van der Waals surface area contributed by atoms with Crippen LogP contribution in [0.3, 0.4) is 0 Å². The molecule has 0 aliphatic heterocycles. The minimum atomic E-state index is -0.422. The normalized spacial score (nSPS) is 10.1. The Morgan fingerprint density at radius 3 is 2.55 bits per heavy atom. The van der Waals surface area contributed by atoms with Crippen molar-refractivity contribution >= 4 is 23.0 Å². The van der Waals surface area contributed by atoms with Crippen LogP contribution in [0.1, 0.15) is 13.3 Å². The third kappa shape index (κ3) is 3.68. The van der Waals surface area contributed by atoms with Gasteiger partial charge in [-0.1, -0.05) is 25.1 Å². The van der Waals surface area contributed by atoms with Crippen LogP contribution < -0.4 is 10.6 Å². The molecule has 0 radical (unpaired) electrons. The number of para-hydroxylation sites is 1. The summed E-state index contributed by atoms with van der Waals surface area (Å²) >= 11 is 0. The third-order valence-electron chi connectivity index (χ3n) is 2.62. The van der Waals surface area contributed by atoms with Crippen LogP contribution in [0.15, 0.2) is 42.5 Å². The maximum atomic E-state index is 11.0. The Morgan fingerprint density at radius 1 is 1.20 bits per heavy atom. The van der Waals surface area contributed by atoms with E-state index < -0.39 is 4.92 Å². The van der Waals surface area contributed by atoms with Crippen LogP contribution in [0.25, 0.3) is 0 Å². The summed E-state index contributed by atoms with van der Waals surface area (Å²) < 4.78 is 0.